The SMILES string of the molecule is COC(=O)c1cnc(-c2cc(Br)ccc2F)nc1N. The largest absolute Gasteiger partial charge is 0.465 e. The number of anilines is 1. The van der Waals surface area contributed by atoms with E-state index in [1.54, 1.807) is 6.07 Å². The third-order valence-electron chi connectivity index (χ3n) is 2.39. The lowest BCUT2D eigenvalue weighted by Crippen LogP contribution is -2.09. The molecule has 1 aromatic heterocycles. The molecule has 0 fully saturated rings. The second-order valence-electron chi connectivity index (χ2n) is 3.61. The number of hydrogen-bond acceptors (Lipinski definition) is 5. The fraction of sp³-hybridized carbons (Fsp3) is 0.0833. The maximum absolute atomic E-state index is 13.7. The van der Waals surface area contributed by atoms with Gasteiger partial charge in [-0.15, -0.1) is 0 Å². The van der Waals surface area contributed by atoms with Crippen molar-refractivity contribution in [2.24, 2.45) is 0 Å². The second kappa shape index (κ2) is 5.31. The number of nitrogens with zero attached hydrogens (tertiary/aromatic N) is 2. The van der Waals surface area contributed by atoms with Gasteiger partial charge in [-0.2, -0.15) is 0 Å². The molecular formula is C12H9BrFN3O2. The molecule has 98 valence electrons. The lowest BCUT2D eigenvalue weighted by Gasteiger charge is -2.06. The highest BCUT2D eigenvalue weighted by Crippen LogP contribution is 2.24. The van der Waals surface area contributed by atoms with Gasteiger partial charge in [-0.05, 0) is 18.2 Å². The Labute approximate surface area is 116 Å². The lowest BCUT2D eigenvalue weighted by atomic mass is 10.2. The Morgan fingerprint density at radius 1 is 1.47 bits per heavy atom. The Bertz CT molecular complexity index is 649. The minimum atomic E-state index is -0.640. The number of benzene rings is 1. The van der Waals surface area contributed by atoms with E-state index in [4.69, 9.17) is 5.73 Å². The number of carbonyl (C=O) groups excluding carboxylic acids is 1. The summed E-state index contributed by atoms with van der Waals surface area (Å²) < 4.78 is 18.9. The van der Waals surface area contributed by atoms with Crippen molar-refractivity contribution >= 4 is 27.7 Å². The molecule has 7 heteroatoms. The molecule has 0 radical (unpaired) electrons. The van der Waals surface area contributed by atoms with Crippen LogP contribution in [-0.2, 0) is 4.74 Å². The molecule has 0 saturated carbocycles. The van der Waals surface area contributed by atoms with Crippen molar-refractivity contribution in [3.63, 3.8) is 0 Å². The molecule has 0 aliphatic rings. The van der Waals surface area contributed by atoms with Crippen molar-refractivity contribution in [1.29, 1.82) is 0 Å². The third-order valence-corrected chi connectivity index (χ3v) is 2.89. The van der Waals surface area contributed by atoms with Crippen LogP contribution in [0.1, 0.15) is 10.4 Å². The van der Waals surface area contributed by atoms with Gasteiger partial charge in [0.1, 0.15) is 17.2 Å². The standard InChI is InChI=1S/C12H9BrFN3O2/c1-19-12(18)8-5-16-11(17-10(8)15)7-4-6(13)2-3-9(7)14/h2-5H,1H3,(H2,15,16,17). The first-order chi connectivity index (χ1) is 9.02. The van der Waals surface area contributed by atoms with E-state index in [1.807, 2.05) is 0 Å². The first-order valence-corrected chi connectivity index (χ1v) is 5.98. The summed E-state index contributed by atoms with van der Waals surface area (Å²) in [5.41, 5.74) is 5.87. The summed E-state index contributed by atoms with van der Waals surface area (Å²) in [7, 11) is 1.23. The molecule has 0 aliphatic carbocycles. The monoisotopic (exact) mass is 325 g/mol. The fourth-order valence-corrected chi connectivity index (χ4v) is 1.82. The third kappa shape index (κ3) is 2.70. The molecule has 5 nitrogen and oxygen atoms in total. The molecule has 2 aromatic rings. The normalized spacial score (nSPS) is 10.3. The van der Waals surface area contributed by atoms with Crippen molar-refractivity contribution in [2.75, 3.05) is 12.8 Å². The molecule has 2 rings (SSSR count). The number of rotatable bonds is 2. The average molecular weight is 326 g/mol. The van der Waals surface area contributed by atoms with Gasteiger partial charge >= 0.3 is 5.97 Å². The Morgan fingerprint density at radius 2 is 2.21 bits per heavy atom. The molecule has 0 atom stereocenters. The molecule has 1 heterocycles. The first-order valence-electron chi connectivity index (χ1n) is 5.19. The smallest absolute Gasteiger partial charge is 0.343 e. The van der Waals surface area contributed by atoms with Crippen LogP contribution in [0.5, 0.6) is 0 Å². The zero-order valence-corrected chi connectivity index (χ0v) is 11.4. The van der Waals surface area contributed by atoms with Crippen LogP contribution in [0.25, 0.3) is 11.4 Å². The fourth-order valence-electron chi connectivity index (χ4n) is 1.46. The number of halogens is 2. The number of nitrogens with two attached hydrogens (primary N) is 1. The van der Waals surface area contributed by atoms with Crippen LogP contribution in [0.4, 0.5) is 10.2 Å². The first kappa shape index (κ1) is 13.4. The summed E-state index contributed by atoms with van der Waals surface area (Å²) in [4.78, 5) is 19.2. The van der Waals surface area contributed by atoms with Crippen molar-refractivity contribution in [3.8, 4) is 11.4 Å². The molecule has 0 aliphatic heterocycles. The van der Waals surface area contributed by atoms with Crippen LogP contribution >= 0.6 is 15.9 Å². The van der Waals surface area contributed by atoms with Crippen molar-refractivity contribution in [2.45, 2.75) is 0 Å². The molecule has 0 unspecified atom stereocenters. The van der Waals surface area contributed by atoms with Gasteiger partial charge < -0.3 is 10.5 Å². The maximum Gasteiger partial charge on any atom is 0.343 e. The van der Waals surface area contributed by atoms with Gasteiger partial charge in [0.05, 0.1) is 12.7 Å². The summed E-state index contributed by atoms with van der Waals surface area (Å²) in [5.74, 6) is -1.08. The van der Waals surface area contributed by atoms with E-state index in [0.717, 1.165) is 0 Å². The van der Waals surface area contributed by atoms with E-state index >= 15 is 0 Å². The Morgan fingerprint density at radius 3 is 2.84 bits per heavy atom. The summed E-state index contributed by atoms with van der Waals surface area (Å²) >= 11 is 3.23. The molecule has 0 saturated heterocycles. The highest BCUT2D eigenvalue weighted by molar-refractivity contribution is 9.10. The quantitative estimate of drug-likeness (QED) is 0.858. The molecule has 0 bridgehead atoms. The van der Waals surface area contributed by atoms with Gasteiger partial charge in [0.25, 0.3) is 0 Å². The van der Waals surface area contributed by atoms with Gasteiger partial charge in [-0.3, -0.25) is 0 Å². The van der Waals surface area contributed by atoms with Crippen LogP contribution in [0, 0.1) is 5.82 Å². The van der Waals surface area contributed by atoms with E-state index in [9.17, 15) is 9.18 Å². The van der Waals surface area contributed by atoms with E-state index < -0.39 is 11.8 Å². The van der Waals surface area contributed by atoms with Gasteiger partial charge in [-0.1, -0.05) is 15.9 Å². The number of methoxy groups -OCH3 is 1. The average Bonchev–Trinajstić information content (AvgIpc) is 2.40. The summed E-state index contributed by atoms with van der Waals surface area (Å²) in [6.07, 6.45) is 1.21. The van der Waals surface area contributed by atoms with E-state index in [2.05, 4.69) is 30.6 Å². The summed E-state index contributed by atoms with van der Waals surface area (Å²) in [5, 5.41) is 0. The molecule has 2 N–H and O–H groups in total. The van der Waals surface area contributed by atoms with Crippen molar-refractivity contribution in [1.82, 2.24) is 9.97 Å². The Balaban J connectivity index is 2.50. The number of carbonyl (C=O) groups is 1. The van der Waals surface area contributed by atoms with Crippen LogP contribution < -0.4 is 5.73 Å². The number of ether oxygens (including phenoxy) is 1. The zero-order chi connectivity index (χ0) is 14.0. The van der Waals surface area contributed by atoms with Crippen LogP contribution in [0.2, 0.25) is 0 Å². The lowest BCUT2D eigenvalue weighted by molar-refractivity contribution is 0.0601. The van der Waals surface area contributed by atoms with E-state index in [-0.39, 0.29) is 22.8 Å². The molecule has 1 aromatic carbocycles. The zero-order valence-electron chi connectivity index (χ0n) is 9.85. The summed E-state index contributed by atoms with van der Waals surface area (Å²) in [6, 6.07) is 4.38. The van der Waals surface area contributed by atoms with Crippen molar-refractivity contribution in [3.05, 3.63) is 40.2 Å². The van der Waals surface area contributed by atoms with Crippen LogP contribution in [0.15, 0.2) is 28.9 Å². The number of nitrogen functional groups attached to an aromatic ring is 1. The highest BCUT2D eigenvalue weighted by Gasteiger charge is 2.15. The summed E-state index contributed by atoms with van der Waals surface area (Å²) in [6.45, 7) is 0. The van der Waals surface area contributed by atoms with E-state index in [1.165, 1.54) is 25.4 Å². The number of hydrogen-bond donors (Lipinski definition) is 1. The van der Waals surface area contributed by atoms with Gasteiger partial charge in [0.2, 0.25) is 0 Å². The Kier molecular flexibility index (Phi) is 3.75. The maximum atomic E-state index is 13.7. The van der Waals surface area contributed by atoms with Gasteiger partial charge in [0, 0.05) is 10.7 Å². The number of aromatic nitrogens is 2. The van der Waals surface area contributed by atoms with Gasteiger partial charge in [-0.25, -0.2) is 19.2 Å². The number of esters is 1. The molecular weight excluding hydrogens is 317 g/mol. The van der Waals surface area contributed by atoms with Gasteiger partial charge in [0.15, 0.2) is 5.82 Å². The van der Waals surface area contributed by atoms with Crippen LogP contribution in [0.3, 0.4) is 0 Å². The van der Waals surface area contributed by atoms with Crippen LogP contribution in [-0.4, -0.2) is 23.0 Å². The highest BCUT2D eigenvalue weighted by atomic mass is 79.9. The predicted molar refractivity (Wildman–Crippen MR) is 70.9 cm³/mol. The van der Waals surface area contributed by atoms with E-state index in [0.29, 0.717) is 4.47 Å². The second-order valence-corrected chi connectivity index (χ2v) is 4.52. The molecule has 19 heavy (non-hydrogen) atoms. The molecule has 0 amide bonds. The minimum absolute atomic E-state index is 0.0432. The minimum Gasteiger partial charge on any atom is -0.465 e. The topological polar surface area (TPSA) is 78.1 Å². The van der Waals surface area contributed by atoms with Crippen molar-refractivity contribution < 1.29 is 13.9 Å². The molecule has 0 spiro atoms. The Hall–Kier alpha value is -2.02. The predicted octanol–water partition coefficient (Wildman–Crippen LogP) is 2.41.